The van der Waals surface area contributed by atoms with Crippen molar-refractivity contribution in [3.8, 4) is 0 Å². The topological polar surface area (TPSA) is 70.5 Å². The van der Waals surface area contributed by atoms with E-state index in [1.54, 1.807) is 54.7 Å². The predicted octanol–water partition coefficient (Wildman–Crippen LogP) is 4.67. The molecule has 0 spiro atoms. The molecule has 0 radical (unpaired) electrons. The molecule has 1 fully saturated rings. The van der Waals surface area contributed by atoms with Crippen molar-refractivity contribution >= 4 is 34.7 Å². The lowest BCUT2D eigenvalue weighted by Gasteiger charge is -2.24. The molecule has 4 rings (SSSR count). The van der Waals surface area contributed by atoms with E-state index >= 15 is 0 Å². The standard InChI is InChI=1S/C23H17ClN2O3/c1-14-6-4-9-17(12-14)26-20(18-10-2-3-11-25-18)19(22(28)23(26)29)21(27)15-7-5-8-16(24)13-15/h2-13,20,27H,1H3/b21-19+. The number of hydrogen-bond acceptors (Lipinski definition) is 4. The van der Waals surface area contributed by atoms with Crippen molar-refractivity contribution in [2.24, 2.45) is 0 Å². The van der Waals surface area contributed by atoms with Crippen molar-refractivity contribution in [1.29, 1.82) is 0 Å². The van der Waals surface area contributed by atoms with Gasteiger partial charge < -0.3 is 5.11 Å². The fraction of sp³-hybridized carbons (Fsp3) is 0.0870. The molecule has 1 aliphatic heterocycles. The summed E-state index contributed by atoms with van der Waals surface area (Å²) < 4.78 is 0. The monoisotopic (exact) mass is 404 g/mol. The van der Waals surface area contributed by atoms with E-state index in [2.05, 4.69) is 4.98 Å². The summed E-state index contributed by atoms with van der Waals surface area (Å²) in [4.78, 5) is 31.7. The third-order valence-corrected chi connectivity index (χ3v) is 5.03. The number of nitrogens with zero attached hydrogens (tertiary/aromatic N) is 2. The molecule has 29 heavy (non-hydrogen) atoms. The minimum Gasteiger partial charge on any atom is -0.507 e. The summed E-state index contributed by atoms with van der Waals surface area (Å²) in [6.07, 6.45) is 1.59. The number of rotatable bonds is 3. The Hall–Kier alpha value is -3.44. The maximum Gasteiger partial charge on any atom is 0.300 e. The number of hydrogen-bond donors (Lipinski definition) is 1. The Balaban J connectivity index is 1.96. The van der Waals surface area contributed by atoms with Gasteiger partial charge in [0.25, 0.3) is 11.7 Å². The van der Waals surface area contributed by atoms with Gasteiger partial charge in [-0.25, -0.2) is 0 Å². The van der Waals surface area contributed by atoms with Crippen molar-refractivity contribution < 1.29 is 14.7 Å². The second kappa shape index (κ2) is 7.53. The molecule has 1 N–H and O–H groups in total. The zero-order valence-corrected chi connectivity index (χ0v) is 16.3. The Bertz CT molecular complexity index is 1140. The van der Waals surface area contributed by atoms with E-state index < -0.39 is 17.7 Å². The summed E-state index contributed by atoms with van der Waals surface area (Å²) in [5.41, 5.74) is 2.34. The second-order valence-electron chi connectivity index (χ2n) is 6.77. The van der Waals surface area contributed by atoms with Crippen molar-refractivity contribution in [2.75, 3.05) is 4.90 Å². The zero-order valence-electron chi connectivity index (χ0n) is 15.5. The summed E-state index contributed by atoms with van der Waals surface area (Å²) in [7, 11) is 0. The van der Waals surface area contributed by atoms with Crippen molar-refractivity contribution in [3.63, 3.8) is 0 Å². The molecule has 0 saturated carbocycles. The summed E-state index contributed by atoms with van der Waals surface area (Å²) in [6.45, 7) is 1.90. The van der Waals surface area contributed by atoms with Gasteiger partial charge in [-0.05, 0) is 48.9 Å². The Labute approximate surface area is 172 Å². The lowest BCUT2D eigenvalue weighted by atomic mass is 9.98. The molecule has 1 unspecified atom stereocenters. The Morgan fingerprint density at radius 1 is 1.03 bits per heavy atom. The van der Waals surface area contributed by atoms with Gasteiger partial charge >= 0.3 is 0 Å². The van der Waals surface area contributed by atoms with Gasteiger partial charge in [0.2, 0.25) is 0 Å². The molecular weight excluding hydrogens is 388 g/mol. The molecular formula is C23H17ClN2O3. The van der Waals surface area contributed by atoms with Crippen molar-refractivity contribution in [2.45, 2.75) is 13.0 Å². The number of benzene rings is 2. The van der Waals surface area contributed by atoms with Crippen LogP contribution in [0.2, 0.25) is 5.02 Å². The molecule has 144 valence electrons. The Morgan fingerprint density at radius 2 is 1.83 bits per heavy atom. The zero-order chi connectivity index (χ0) is 20.5. The number of aliphatic hydroxyl groups excluding tert-OH is 1. The third kappa shape index (κ3) is 3.41. The smallest absolute Gasteiger partial charge is 0.300 e. The molecule has 6 heteroatoms. The SMILES string of the molecule is Cc1cccc(N2C(=O)C(=O)/C(=C(/O)c3cccc(Cl)c3)C2c2ccccn2)c1. The molecule has 0 aliphatic carbocycles. The van der Waals surface area contributed by atoms with Crippen LogP contribution in [-0.4, -0.2) is 21.8 Å². The van der Waals surface area contributed by atoms with Crippen LogP contribution in [0.3, 0.4) is 0 Å². The minimum atomic E-state index is -0.850. The van der Waals surface area contributed by atoms with Gasteiger partial charge in [-0.2, -0.15) is 0 Å². The largest absolute Gasteiger partial charge is 0.507 e. The van der Waals surface area contributed by atoms with Gasteiger partial charge in [-0.3, -0.25) is 19.5 Å². The number of aryl methyl sites for hydroxylation is 1. The summed E-state index contributed by atoms with van der Waals surface area (Å²) >= 11 is 6.05. The highest BCUT2D eigenvalue weighted by Crippen LogP contribution is 2.41. The lowest BCUT2D eigenvalue weighted by molar-refractivity contribution is -0.132. The molecule has 1 aromatic heterocycles. The highest BCUT2D eigenvalue weighted by molar-refractivity contribution is 6.51. The van der Waals surface area contributed by atoms with Gasteiger partial charge in [-0.1, -0.05) is 41.9 Å². The number of ketones is 1. The number of aromatic nitrogens is 1. The predicted molar refractivity (Wildman–Crippen MR) is 112 cm³/mol. The summed E-state index contributed by atoms with van der Waals surface area (Å²) in [5, 5.41) is 11.4. The van der Waals surface area contributed by atoms with E-state index in [0.29, 0.717) is 22.0 Å². The van der Waals surface area contributed by atoms with E-state index in [4.69, 9.17) is 11.6 Å². The van der Waals surface area contributed by atoms with E-state index in [1.807, 2.05) is 25.1 Å². The summed E-state index contributed by atoms with van der Waals surface area (Å²) in [5.74, 6) is -1.76. The molecule has 2 aromatic carbocycles. The number of halogens is 1. The number of carbonyl (C=O) groups excluding carboxylic acids is 2. The molecule has 0 bridgehead atoms. The number of carbonyl (C=O) groups is 2. The second-order valence-corrected chi connectivity index (χ2v) is 7.21. The summed E-state index contributed by atoms with van der Waals surface area (Å²) in [6, 6.07) is 18.2. The van der Waals surface area contributed by atoms with Crippen LogP contribution < -0.4 is 4.90 Å². The number of pyridine rings is 1. The maximum atomic E-state index is 13.0. The van der Waals surface area contributed by atoms with Crippen LogP contribution in [0, 0.1) is 6.92 Å². The van der Waals surface area contributed by atoms with Gasteiger partial charge in [-0.15, -0.1) is 0 Å². The van der Waals surface area contributed by atoms with Crippen LogP contribution >= 0.6 is 11.6 Å². The highest BCUT2D eigenvalue weighted by atomic mass is 35.5. The van der Waals surface area contributed by atoms with Gasteiger partial charge in [0.15, 0.2) is 0 Å². The quantitative estimate of drug-likeness (QED) is 0.391. The lowest BCUT2D eigenvalue weighted by Crippen LogP contribution is -2.29. The molecule has 5 nitrogen and oxygen atoms in total. The Kier molecular flexibility index (Phi) is 4.91. The van der Waals surface area contributed by atoms with E-state index in [0.717, 1.165) is 5.56 Å². The van der Waals surface area contributed by atoms with Gasteiger partial charge in [0.05, 0.1) is 11.3 Å². The highest BCUT2D eigenvalue weighted by Gasteiger charge is 2.47. The van der Waals surface area contributed by atoms with Crippen LogP contribution in [0.15, 0.2) is 78.5 Å². The van der Waals surface area contributed by atoms with E-state index in [-0.39, 0.29) is 11.3 Å². The van der Waals surface area contributed by atoms with Crippen LogP contribution in [0.1, 0.15) is 22.9 Å². The normalized spacial score (nSPS) is 18.3. The molecule has 3 aromatic rings. The minimum absolute atomic E-state index is 0.0162. The van der Waals surface area contributed by atoms with Crippen molar-refractivity contribution in [1.82, 2.24) is 4.98 Å². The van der Waals surface area contributed by atoms with Crippen molar-refractivity contribution in [3.05, 3.63) is 100 Å². The number of Topliss-reactive ketones (excluding diaryl/α,β-unsaturated/α-hetero) is 1. The van der Waals surface area contributed by atoms with Crippen LogP contribution in [-0.2, 0) is 9.59 Å². The van der Waals surface area contributed by atoms with Crippen LogP contribution in [0.25, 0.3) is 5.76 Å². The molecule has 1 saturated heterocycles. The number of aliphatic hydroxyl groups is 1. The molecule has 1 atom stereocenters. The molecule has 2 heterocycles. The van der Waals surface area contributed by atoms with E-state index in [1.165, 1.54) is 4.90 Å². The fourth-order valence-electron chi connectivity index (χ4n) is 3.49. The van der Waals surface area contributed by atoms with Gasteiger partial charge in [0.1, 0.15) is 11.8 Å². The maximum absolute atomic E-state index is 13.0. The fourth-order valence-corrected chi connectivity index (χ4v) is 3.68. The number of anilines is 1. The third-order valence-electron chi connectivity index (χ3n) is 4.79. The first kappa shape index (κ1) is 18.9. The van der Waals surface area contributed by atoms with Gasteiger partial charge in [0, 0.05) is 22.5 Å². The average molecular weight is 405 g/mol. The Morgan fingerprint density at radius 3 is 2.52 bits per heavy atom. The number of amides is 1. The molecule has 1 aliphatic rings. The van der Waals surface area contributed by atoms with E-state index in [9.17, 15) is 14.7 Å². The first-order valence-corrected chi connectivity index (χ1v) is 9.39. The first-order valence-electron chi connectivity index (χ1n) is 9.02. The van der Waals surface area contributed by atoms with Crippen LogP contribution in [0.4, 0.5) is 5.69 Å². The average Bonchev–Trinajstić information content (AvgIpc) is 2.99. The van der Waals surface area contributed by atoms with Crippen LogP contribution in [0.5, 0.6) is 0 Å². The molecule has 1 amide bonds. The first-order chi connectivity index (χ1) is 14.0.